The second kappa shape index (κ2) is 11.0. The summed E-state index contributed by atoms with van der Waals surface area (Å²) in [4.78, 5) is 40.4. The van der Waals surface area contributed by atoms with Crippen molar-refractivity contribution in [2.75, 3.05) is 38.2 Å². The molecule has 0 aliphatic carbocycles. The number of phenolic OH excluding ortho intramolecular Hbond substituents is 1. The molecule has 10 heteroatoms. The lowest BCUT2D eigenvalue weighted by atomic mass is 9.97. The van der Waals surface area contributed by atoms with Crippen molar-refractivity contribution in [3.8, 4) is 22.9 Å². The van der Waals surface area contributed by atoms with Gasteiger partial charge in [0.1, 0.15) is 24.6 Å². The van der Waals surface area contributed by atoms with Crippen molar-refractivity contribution in [1.29, 1.82) is 0 Å². The Hall–Kier alpha value is -4.44. The van der Waals surface area contributed by atoms with Crippen LogP contribution in [0.25, 0.3) is 32.8 Å². The number of hydrogen-bond donors (Lipinski definition) is 2. The lowest BCUT2D eigenvalue weighted by Crippen LogP contribution is -2.56. The van der Waals surface area contributed by atoms with Gasteiger partial charge in [-0.1, -0.05) is 30.3 Å². The van der Waals surface area contributed by atoms with Crippen LogP contribution in [0.15, 0.2) is 54.6 Å². The van der Waals surface area contributed by atoms with Crippen LogP contribution < -0.4 is 15.4 Å². The third kappa shape index (κ3) is 5.20. The Bertz CT molecular complexity index is 1710. The highest BCUT2D eigenvalue weighted by atomic mass is 16.5. The summed E-state index contributed by atoms with van der Waals surface area (Å²) in [6.07, 6.45) is 3.81. The number of likely N-dealkylation sites (tertiary alicyclic amines) is 2. The van der Waals surface area contributed by atoms with Gasteiger partial charge in [0.05, 0.1) is 5.52 Å². The molecule has 1 aromatic heterocycles. The fraction of sp³-hybridized carbons (Fsp3) is 0.394. The molecule has 0 spiro atoms. The molecular weight excluding hydrogens is 544 g/mol. The molecular formula is C33H36N6O4. The molecule has 7 rings (SSSR count). The third-order valence-electron chi connectivity index (χ3n) is 9.30. The molecule has 222 valence electrons. The number of aromatic hydroxyl groups is 1. The summed E-state index contributed by atoms with van der Waals surface area (Å²) < 4.78 is 6.28. The van der Waals surface area contributed by atoms with Crippen molar-refractivity contribution >= 4 is 39.3 Å². The van der Waals surface area contributed by atoms with Crippen molar-refractivity contribution in [3.05, 3.63) is 54.6 Å². The minimum atomic E-state index is -0.605. The van der Waals surface area contributed by atoms with Gasteiger partial charge < -0.3 is 30.3 Å². The fourth-order valence-corrected chi connectivity index (χ4v) is 7.13. The van der Waals surface area contributed by atoms with E-state index in [1.54, 1.807) is 17.0 Å². The Morgan fingerprint density at radius 3 is 2.53 bits per heavy atom. The van der Waals surface area contributed by atoms with Crippen molar-refractivity contribution in [3.63, 3.8) is 0 Å². The monoisotopic (exact) mass is 580 g/mol. The van der Waals surface area contributed by atoms with E-state index in [1.807, 2.05) is 24.3 Å². The first-order valence-corrected chi connectivity index (χ1v) is 15.1. The molecule has 0 unspecified atom stereocenters. The summed E-state index contributed by atoms with van der Waals surface area (Å²) in [5.41, 5.74) is 7.94. The van der Waals surface area contributed by atoms with Crippen molar-refractivity contribution in [1.82, 2.24) is 19.8 Å². The molecule has 3 fully saturated rings. The van der Waals surface area contributed by atoms with Crippen LogP contribution in [-0.2, 0) is 9.59 Å². The Kier molecular flexibility index (Phi) is 7.01. The predicted octanol–water partition coefficient (Wildman–Crippen LogP) is 3.68. The number of piperazine rings is 1. The first-order valence-electron chi connectivity index (χ1n) is 15.1. The van der Waals surface area contributed by atoms with Crippen LogP contribution in [0.2, 0.25) is 0 Å². The lowest BCUT2D eigenvalue weighted by molar-refractivity contribution is -0.135. The van der Waals surface area contributed by atoms with E-state index >= 15 is 0 Å². The number of nitrogens with two attached hydrogens (primary N) is 1. The van der Waals surface area contributed by atoms with Gasteiger partial charge in [-0.25, -0.2) is 0 Å². The number of anilines is 1. The molecule has 3 atom stereocenters. The van der Waals surface area contributed by atoms with Crippen LogP contribution in [0.3, 0.4) is 0 Å². The highest BCUT2D eigenvalue weighted by Gasteiger charge is 2.43. The minimum absolute atomic E-state index is 0.0668. The molecule has 3 aromatic carbocycles. The maximum absolute atomic E-state index is 12.7. The molecule has 4 aromatic rings. The average molecular weight is 581 g/mol. The van der Waals surface area contributed by atoms with E-state index in [2.05, 4.69) is 35.0 Å². The van der Waals surface area contributed by atoms with Crippen LogP contribution in [0.4, 0.5) is 5.82 Å². The Labute approximate surface area is 250 Å². The summed E-state index contributed by atoms with van der Waals surface area (Å²) in [5.74, 6) is 0.194. The number of fused-ring (bicyclic) bond motifs is 4. The molecule has 0 saturated carbocycles. The number of primary amides is 1. The van der Waals surface area contributed by atoms with Gasteiger partial charge in [-0.2, -0.15) is 9.97 Å². The summed E-state index contributed by atoms with van der Waals surface area (Å²) in [7, 11) is 2.12. The Morgan fingerprint density at radius 2 is 1.79 bits per heavy atom. The highest BCUT2D eigenvalue weighted by molar-refractivity contribution is 6.01. The van der Waals surface area contributed by atoms with Crippen LogP contribution in [-0.4, -0.2) is 88.1 Å². The molecule has 3 saturated heterocycles. The average Bonchev–Trinajstić information content (AvgIpc) is 3.52. The van der Waals surface area contributed by atoms with E-state index in [9.17, 15) is 14.7 Å². The summed E-state index contributed by atoms with van der Waals surface area (Å²) >= 11 is 0. The number of nitrogens with zero attached hydrogens (tertiary/aromatic N) is 5. The van der Waals surface area contributed by atoms with E-state index in [0.717, 1.165) is 70.8 Å². The van der Waals surface area contributed by atoms with Crippen molar-refractivity contribution in [2.24, 2.45) is 5.73 Å². The van der Waals surface area contributed by atoms with Gasteiger partial charge in [0.15, 0.2) is 0 Å². The van der Waals surface area contributed by atoms with Gasteiger partial charge in [-0.05, 0) is 85.4 Å². The SMILES string of the molecule is CN1CCC[C@H]1COc1nc(N2[C@@H]3CC[C@H]2CN(C(=O)CC(N)=O)C3)c2ccc(-c3cc(O)cc4ccccc34)cc2n1. The van der Waals surface area contributed by atoms with Crippen LogP contribution >= 0.6 is 0 Å². The Morgan fingerprint density at radius 1 is 1.00 bits per heavy atom. The van der Waals surface area contributed by atoms with Crippen molar-refractivity contribution in [2.45, 2.75) is 50.2 Å². The number of likely N-dealkylation sites (N-methyl/N-ethyl adjacent to an activating group) is 1. The number of carbonyl (C=O) groups is 2. The topological polar surface area (TPSA) is 125 Å². The van der Waals surface area contributed by atoms with Crippen molar-refractivity contribution < 1.29 is 19.4 Å². The first-order chi connectivity index (χ1) is 20.8. The fourth-order valence-electron chi connectivity index (χ4n) is 7.13. The van der Waals surface area contributed by atoms with Gasteiger partial charge in [0.25, 0.3) is 0 Å². The Balaban J connectivity index is 1.29. The minimum Gasteiger partial charge on any atom is -0.508 e. The maximum Gasteiger partial charge on any atom is 0.319 e. The number of carbonyl (C=O) groups excluding carboxylic acids is 2. The standard InChI is InChI=1S/C33H36N6O4/c1-37-12-4-6-24(37)19-43-33-35-29-14-21(28-15-25(40)13-20-5-2-3-7-26(20)28)8-11-27(29)32(36-33)39-22-9-10-23(39)18-38(17-22)31(42)16-30(34)41/h2-3,5,7-8,11,13-15,22-24,40H,4,6,9-10,12,16-19H2,1H3,(H2,34,41)/t22-,23+,24-/m0/s1. The first kappa shape index (κ1) is 27.4. The van der Waals surface area contributed by atoms with E-state index in [0.29, 0.717) is 31.7 Å². The number of phenols is 1. The lowest BCUT2D eigenvalue weighted by Gasteiger charge is -2.42. The largest absolute Gasteiger partial charge is 0.508 e. The number of ether oxygens (including phenoxy) is 1. The van der Waals surface area contributed by atoms with Crippen LogP contribution in [0.1, 0.15) is 32.1 Å². The molecule has 3 aliphatic heterocycles. The number of aromatic nitrogens is 2. The van der Waals surface area contributed by atoms with Gasteiger partial charge in [-0.15, -0.1) is 0 Å². The molecule has 2 amide bonds. The molecule has 3 aliphatic rings. The normalized spacial score (nSPS) is 22.0. The summed E-state index contributed by atoms with van der Waals surface area (Å²) in [6.45, 7) is 2.61. The zero-order valence-electron chi connectivity index (χ0n) is 24.3. The van der Waals surface area contributed by atoms with Gasteiger partial charge in [-0.3, -0.25) is 9.59 Å². The molecule has 4 heterocycles. The van der Waals surface area contributed by atoms with E-state index in [4.69, 9.17) is 20.4 Å². The van der Waals surface area contributed by atoms with E-state index < -0.39 is 5.91 Å². The predicted molar refractivity (Wildman–Crippen MR) is 165 cm³/mol. The summed E-state index contributed by atoms with van der Waals surface area (Å²) in [6, 6.07) is 18.5. The number of amides is 2. The quantitative estimate of drug-likeness (QED) is 0.317. The zero-order chi connectivity index (χ0) is 29.7. The second-order valence-corrected chi connectivity index (χ2v) is 12.1. The highest BCUT2D eigenvalue weighted by Crippen LogP contribution is 2.40. The van der Waals surface area contributed by atoms with Crippen LogP contribution in [0, 0.1) is 0 Å². The molecule has 2 bridgehead atoms. The third-order valence-corrected chi connectivity index (χ3v) is 9.30. The zero-order valence-corrected chi connectivity index (χ0v) is 24.3. The maximum atomic E-state index is 12.7. The molecule has 3 N–H and O–H groups in total. The molecule has 0 radical (unpaired) electrons. The smallest absolute Gasteiger partial charge is 0.319 e. The number of rotatable bonds is 7. The van der Waals surface area contributed by atoms with Gasteiger partial charge in [0.2, 0.25) is 11.8 Å². The van der Waals surface area contributed by atoms with Gasteiger partial charge >= 0.3 is 6.01 Å². The van der Waals surface area contributed by atoms with E-state index in [1.165, 1.54) is 0 Å². The van der Waals surface area contributed by atoms with Crippen LogP contribution in [0.5, 0.6) is 11.8 Å². The molecule has 10 nitrogen and oxygen atoms in total. The summed E-state index contributed by atoms with van der Waals surface area (Å²) in [5, 5.41) is 13.4. The number of benzene rings is 3. The number of hydrogen-bond acceptors (Lipinski definition) is 8. The molecule has 43 heavy (non-hydrogen) atoms. The van der Waals surface area contributed by atoms with E-state index in [-0.39, 0.29) is 30.2 Å². The van der Waals surface area contributed by atoms with Gasteiger partial charge in [0, 0.05) is 36.6 Å². The second-order valence-electron chi connectivity index (χ2n) is 12.1.